The minimum Gasteiger partial charge on any atom is -0.475 e. The highest BCUT2D eigenvalue weighted by molar-refractivity contribution is 14.0. The molecule has 3 N–H and O–H groups in total. The number of hydrogen-bond acceptors (Lipinski definition) is 4. The van der Waals surface area contributed by atoms with Crippen LogP contribution in [-0.4, -0.2) is 43.9 Å². The van der Waals surface area contributed by atoms with Gasteiger partial charge in [0.05, 0.1) is 11.6 Å². The van der Waals surface area contributed by atoms with Gasteiger partial charge in [-0.2, -0.15) is 0 Å². The van der Waals surface area contributed by atoms with E-state index < -0.39 is 0 Å². The molecule has 0 spiro atoms. The van der Waals surface area contributed by atoms with Gasteiger partial charge in [-0.25, -0.2) is 4.98 Å². The fraction of sp³-hybridized carbons (Fsp3) is 0.538. The van der Waals surface area contributed by atoms with Crippen LogP contribution in [0.5, 0.6) is 5.88 Å². The van der Waals surface area contributed by atoms with Crippen LogP contribution < -0.4 is 15.8 Å². The molecule has 1 heterocycles. The molecule has 0 atom stereocenters. The van der Waals surface area contributed by atoms with Crippen LogP contribution in [0.15, 0.2) is 17.3 Å². The topological polar surface area (TPSA) is 81.8 Å². The fourth-order valence-electron chi connectivity index (χ4n) is 1.40. The highest BCUT2D eigenvalue weighted by Gasteiger charge is 2.03. The van der Waals surface area contributed by atoms with Crippen LogP contribution in [0.2, 0.25) is 10.0 Å². The number of nitrogens with one attached hydrogen (secondary N) is 1. The summed E-state index contributed by atoms with van der Waals surface area (Å²) >= 11 is 11.7. The number of aromatic nitrogens is 1. The van der Waals surface area contributed by atoms with E-state index in [9.17, 15) is 0 Å². The van der Waals surface area contributed by atoms with E-state index in [1.54, 1.807) is 6.07 Å². The molecule has 1 aromatic heterocycles. The lowest BCUT2D eigenvalue weighted by molar-refractivity contribution is 0.146. The second kappa shape index (κ2) is 13.0. The number of rotatable bonds is 9. The lowest BCUT2D eigenvalue weighted by Crippen LogP contribution is -2.35. The van der Waals surface area contributed by atoms with Crippen molar-refractivity contribution in [2.45, 2.75) is 13.3 Å². The Morgan fingerprint density at radius 2 is 2.18 bits per heavy atom. The predicted octanol–water partition coefficient (Wildman–Crippen LogP) is 2.72. The van der Waals surface area contributed by atoms with Gasteiger partial charge in [-0.1, -0.05) is 23.2 Å². The molecule has 1 rings (SSSR count). The molecule has 0 aromatic carbocycles. The normalized spacial score (nSPS) is 11.0. The Labute approximate surface area is 157 Å². The van der Waals surface area contributed by atoms with Crippen LogP contribution >= 0.6 is 47.2 Å². The molecule has 0 saturated carbocycles. The Kier molecular flexibility index (Phi) is 12.7. The van der Waals surface area contributed by atoms with Crippen LogP contribution in [0.1, 0.15) is 13.3 Å². The number of aliphatic imine (C=N–C) groups is 1. The maximum absolute atomic E-state index is 5.93. The van der Waals surface area contributed by atoms with Crippen LogP contribution in [-0.2, 0) is 4.74 Å². The van der Waals surface area contributed by atoms with Gasteiger partial charge >= 0.3 is 0 Å². The second-order valence-corrected chi connectivity index (χ2v) is 4.88. The van der Waals surface area contributed by atoms with E-state index in [4.69, 9.17) is 38.4 Å². The molecular weight excluding hydrogens is 442 g/mol. The predicted molar refractivity (Wildman–Crippen MR) is 101 cm³/mol. The smallest absolute Gasteiger partial charge is 0.232 e. The summed E-state index contributed by atoms with van der Waals surface area (Å²) in [6.45, 7) is 4.86. The molecule has 0 aliphatic rings. The zero-order valence-corrected chi connectivity index (χ0v) is 16.2. The van der Waals surface area contributed by atoms with Gasteiger partial charge in [0.2, 0.25) is 5.88 Å². The average molecular weight is 463 g/mol. The molecule has 1 aromatic rings. The summed E-state index contributed by atoms with van der Waals surface area (Å²) in [7, 11) is 0. The van der Waals surface area contributed by atoms with Gasteiger partial charge in [-0.3, -0.25) is 4.99 Å². The summed E-state index contributed by atoms with van der Waals surface area (Å²) in [5, 5.41) is 3.78. The zero-order valence-electron chi connectivity index (χ0n) is 12.3. The van der Waals surface area contributed by atoms with E-state index in [1.165, 1.54) is 6.20 Å². The van der Waals surface area contributed by atoms with E-state index in [2.05, 4.69) is 15.3 Å². The minimum atomic E-state index is 0. The summed E-state index contributed by atoms with van der Waals surface area (Å²) in [4.78, 5) is 8.14. The third-order valence-corrected chi connectivity index (χ3v) is 2.83. The molecule has 22 heavy (non-hydrogen) atoms. The van der Waals surface area contributed by atoms with Crippen LogP contribution in [0.25, 0.3) is 0 Å². The lowest BCUT2D eigenvalue weighted by Gasteiger charge is -2.08. The molecule has 126 valence electrons. The van der Waals surface area contributed by atoms with Crippen molar-refractivity contribution in [1.29, 1.82) is 0 Å². The fourth-order valence-corrected chi connectivity index (χ4v) is 1.84. The van der Waals surface area contributed by atoms with Crippen molar-refractivity contribution in [1.82, 2.24) is 10.3 Å². The third kappa shape index (κ3) is 9.50. The highest BCUT2D eigenvalue weighted by atomic mass is 127. The van der Waals surface area contributed by atoms with Gasteiger partial charge in [0.1, 0.15) is 11.6 Å². The molecule has 0 unspecified atom stereocenters. The van der Waals surface area contributed by atoms with E-state index in [-0.39, 0.29) is 24.0 Å². The first-order valence-corrected chi connectivity index (χ1v) is 7.44. The Morgan fingerprint density at radius 3 is 2.86 bits per heavy atom. The van der Waals surface area contributed by atoms with Crippen molar-refractivity contribution in [2.24, 2.45) is 10.7 Å². The molecular formula is C13H21Cl2IN4O2. The maximum Gasteiger partial charge on any atom is 0.232 e. The SMILES string of the molecule is CCOCCCN=C(N)NCCOc1ncc(Cl)cc1Cl.I. The Bertz CT molecular complexity index is 464. The minimum absolute atomic E-state index is 0. The van der Waals surface area contributed by atoms with E-state index in [0.717, 1.165) is 13.0 Å². The third-order valence-electron chi connectivity index (χ3n) is 2.35. The number of pyridine rings is 1. The summed E-state index contributed by atoms with van der Waals surface area (Å²) in [5.74, 6) is 0.723. The number of hydrogen-bond donors (Lipinski definition) is 2. The number of halogens is 3. The van der Waals surface area contributed by atoms with Gasteiger partial charge in [0.25, 0.3) is 0 Å². The van der Waals surface area contributed by atoms with Crippen LogP contribution in [0.4, 0.5) is 0 Å². The van der Waals surface area contributed by atoms with Crippen LogP contribution in [0.3, 0.4) is 0 Å². The molecule has 0 radical (unpaired) electrons. The highest BCUT2D eigenvalue weighted by Crippen LogP contribution is 2.24. The van der Waals surface area contributed by atoms with Gasteiger partial charge in [0.15, 0.2) is 5.96 Å². The van der Waals surface area contributed by atoms with Crippen molar-refractivity contribution in [3.63, 3.8) is 0 Å². The first-order valence-electron chi connectivity index (χ1n) is 6.69. The van der Waals surface area contributed by atoms with Crippen molar-refractivity contribution in [2.75, 3.05) is 32.9 Å². The van der Waals surface area contributed by atoms with E-state index in [0.29, 0.717) is 48.2 Å². The lowest BCUT2D eigenvalue weighted by atomic mass is 10.4. The standard InChI is InChI=1S/C13H20Cl2N4O2.HI/c1-2-20-6-3-4-17-13(16)18-5-7-21-12-11(15)8-10(14)9-19-12;/h8-9H,2-7H2,1H3,(H3,16,17,18);1H. The van der Waals surface area contributed by atoms with Crippen molar-refractivity contribution in [3.05, 3.63) is 22.3 Å². The average Bonchev–Trinajstić information content (AvgIpc) is 2.45. The molecule has 0 aliphatic heterocycles. The Balaban J connectivity index is 0.00000441. The van der Waals surface area contributed by atoms with Gasteiger partial charge < -0.3 is 20.5 Å². The first-order chi connectivity index (χ1) is 10.1. The first kappa shape index (κ1) is 21.5. The van der Waals surface area contributed by atoms with E-state index >= 15 is 0 Å². The van der Waals surface area contributed by atoms with Crippen molar-refractivity contribution in [3.8, 4) is 5.88 Å². The van der Waals surface area contributed by atoms with Crippen molar-refractivity contribution < 1.29 is 9.47 Å². The summed E-state index contributed by atoms with van der Waals surface area (Å²) < 4.78 is 10.6. The molecule has 0 bridgehead atoms. The molecule has 0 saturated heterocycles. The quantitative estimate of drug-likeness (QED) is 0.255. The zero-order chi connectivity index (χ0) is 15.5. The summed E-state index contributed by atoms with van der Waals surface area (Å²) in [5.41, 5.74) is 5.70. The molecule has 9 heteroatoms. The summed E-state index contributed by atoms with van der Waals surface area (Å²) in [6.07, 6.45) is 2.32. The van der Waals surface area contributed by atoms with Gasteiger partial charge in [0, 0.05) is 26.0 Å². The molecule has 0 amide bonds. The van der Waals surface area contributed by atoms with Gasteiger partial charge in [-0.05, 0) is 19.4 Å². The van der Waals surface area contributed by atoms with Crippen LogP contribution in [0, 0.1) is 0 Å². The number of guanidine groups is 1. The monoisotopic (exact) mass is 462 g/mol. The number of ether oxygens (including phenoxy) is 2. The van der Waals surface area contributed by atoms with Crippen molar-refractivity contribution >= 4 is 53.1 Å². The Hall–Kier alpha value is -0.510. The largest absolute Gasteiger partial charge is 0.475 e. The maximum atomic E-state index is 5.93. The van der Waals surface area contributed by atoms with E-state index in [1.807, 2.05) is 6.92 Å². The summed E-state index contributed by atoms with van der Waals surface area (Å²) in [6, 6.07) is 1.58. The molecule has 6 nitrogen and oxygen atoms in total. The number of nitrogens with zero attached hydrogens (tertiary/aromatic N) is 2. The molecule has 0 aliphatic carbocycles. The molecule has 0 fully saturated rings. The second-order valence-electron chi connectivity index (χ2n) is 4.03. The Morgan fingerprint density at radius 1 is 1.41 bits per heavy atom. The van der Waals surface area contributed by atoms with Gasteiger partial charge in [-0.15, -0.1) is 24.0 Å². The number of nitrogens with two attached hydrogens (primary N) is 1.